The summed E-state index contributed by atoms with van der Waals surface area (Å²) in [5.74, 6) is 0.204. The smallest absolute Gasteiger partial charge is 0.172 e. The standard InChI is InChI=1S/C12H13N3O/c1-9(2)12-11(8-16)13-14-15(12)10-6-4-3-5-7-10/h3-9H,1-2H3. The molecule has 4 heteroatoms. The highest BCUT2D eigenvalue weighted by Gasteiger charge is 2.16. The van der Waals surface area contributed by atoms with Crippen LogP contribution >= 0.6 is 0 Å². The third-order valence-corrected chi connectivity index (χ3v) is 2.39. The fourth-order valence-electron chi connectivity index (χ4n) is 1.69. The van der Waals surface area contributed by atoms with Gasteiger partial charge in [-0.15, -0.1) is 5.10 Å². The Hall–Kier alpha value is -1.97. The molecule has 0 amide bonds. The number of para-hydroxylation sites is 1. The fourth-order valence-corrected chi connectivity index (χ4v) is 1.69. The Morgan fingerprint density at radius 3 is 2.50 bits per heavy atom. The van der Waals surface area contributed by atoms with Crippen molar-refractivity contribution in [1.29, 1.82) is 0 Å². The lowest BCUT2D eigenvalue weighted by Crippen LogP contribution is -2.05. The Kier molecular flexibility index (Phi) is 2.81. The summed E-state index contributed by atoms with van der Waals surface area (Å²) in [4.78, 5) is 10.9. The van der Waals surface area contributed by atoms with Gasteiger partial charge in [0.15, 0.2) is 6.29 Å². The number of aldehydes is 1. The largest absolute Gasteiger partial charge is 0.296 e. The maximum absolute atomic E-state index is 10.9. The molecule has 1 heterocycles. The Bertz CT molecular complexity index is 488. The van der Waals surface area contributed by atoms with Crippen LogP contribution in [0, 0.1) is 0 Å². The van der Waals surface area contributed by atoms with Crippen LogP contribution in [0.3, 0.4) is 0 Å². The van der Waals surface area contributed by atoms with Crippen LogP contribution in [-0.4, -0.2) is 21.3 Å². The number of benzene rings is 1. The maximum atomic E-state index is 10.9. The number of carbonyl (C=O) groups excluding carboxylic acids is 1. The van der Waals surface area contributed by atoms with Gasteiger partial charge in [0.2, 0.25) is 0 Å². The van der Waals surface area contributed by atoms with Crippen LogP contribution in [-0.2, 0) is 0 Å². The first-order valence-electron chi connectivity index (χ1n) is 5.20. The Morgan fingerprint density at radius 2 is 1.94 bits per heavy atom. The second-order valence-electron chi connectivity index (χ2n) is 3.88. The molecule has 0 saturated carbocycles. The highest BCUT2D eigenvalue weighted by atomic mass is 16.1. The molecule has 0 saturated heterocycles. The topological polar surface area (TPSA) is 47.8 Å². The first-order valence-corrected chi connectivity index (χ1v) is 5.20. The molecular weight excluding hydrogens is 202 g/mol. The number of rotatable bonds is 3. The Morgan fingerprint density at radius 1 is 1.25 bits per heavy atom. The molecule has 0 unspecified atom stereocenters. The average Bonchev–Trinajstić information content (AvgIpc) is 2.73. The van der Waals surface area contributed by atoms with Gasteiger partial charge in [0.1, 0.15) is 5.69 Å². The predicted octanol–water partition coefficient (Wildman–Crippen LogP) is 2.20. The van der Waals surface area contributed by atoms with Gasteiger partial charge in [-0.3, -0.25) is 4.79 Å². The van der Waals surface area contributed by atoms with Crippen molar-refractivity contribution in [3.63, 3.8) is 0 Å². The number of aromatic nitrogens is 3. The van der Waals surface area contributed by atoms with E-state index >= 15 is 0 Å². The third-order valence-electron chi connectivity index (χ3n) is 2.39. The van der Waals surface area contributed by atoms with E-state index in [0.29, 0.717) is 5.69 Å². The quantitative estimate of drug-likeness (QED) is 0.737. The van der Waals surface area contributed by atoms with E-state index < -0.39 is 0 Å². The summed E-state index contributed by atoms with van der Waals surface area (Å²) in [5.41, 5.74) is 2.19. The third kappa shape index (κ3) is 1.74. The van der Waals surface area contributed by atoms with Crippen molar-refractivity contribution in [2.45, 2.75) is 19.8 Å². The SMILES string of the molecule is CC(C)c1c(C=O)nnn1-c1ccccc1. The summed E-state index contributed by atoms with van der Waals surface area (Å²) < 4.78 is 1.72. The fraction of sp³-hybridized carbons (Fsp3) is 0.250. The van der Waals surface area contributed by atoms with Gasteiger partial charge in [0.25, 0.3) is 0 Å². The van der Waals surface area contributed by atoms with E-state index in [2.05, 4.69) is 10.3 Å². The van der Waals surface area contributed by atoms with Gasteiger partial charge in [0, 0.05) is 0 Å². The molecule has 0 fully saturated rings. The van der Waals surface area contributed by atoms with Crippen LogP contribution in [0.5, 0.6) is 0 Å². The van der Waals surface area contributed by atoms with Crippen LogP contribution in [0.15, 0.2) is 30.3 Å². The van der Waals surface area contributed by atoms with Gasteiger partial charge in [0.05, 0.1) is 11.4 Å². The average molecular weight is 215 g/mol. The molecule has 1 aromatic carbocycles. The van der Waals surface area contributed by atoms with E-state index in [9.17, 15) is 4.79 Å². The van der Waals surface area contributed by atoms with Crippen molar-refractivity contribution >= 4 is 6.29 Å². The van der Waals surface area contributed by atoms with Gasteiger partial charge < -0.3 is 0 Å². The minimum absolute atomic E-state index is 0.204. The summed E-state index contributed by atoms with van der Waals surface area (Å²) >= 11 is 0. The van der Waals surface area contributed by atoms with Crippen LogP contribution in [0.1, 0.15) is 35.9 Å². The molecule has 0 N–H and O–H groups in total. The molecule has 82 valence electrons. The van der Waals surface area contributed by atoms with E-state index in [1.807, 2.05) is 44.2 Å². The molecule has 2 rings (SSSR count). The summed E-state index contributed by atoms with van der Waals surface area (Å²) in [6.07, 6.45) is 0.752. The molecule has 1 aromatic heterocycles. The van der Waals surface area contributed by atoms with E-state index in [4.69, 9.17) is 0 Å². The second kappa shape index (κ2) is 4.26. The summed E-state index contributed by atoms with van der Waals surface area (Å²) in [6.45, 7) is 4.04. The van der Waals surface area contributed by atoms with Gasteiger partial charge in [-0.25, -0.2) is 4.68 Å². The normalized spacial score (nSPS) is 10.7. The van der Waals surface area contributed by atoms with E-state index in [1.165, 1.54) is 0 Å². The first kappa shape index (κ1) is 10.5. The van der Waals surface area contributed by atoms with Crippen molar-refractivity contribution < 1.29 is 4.79 Å². The highest BCUT2D eigenvalue weighted by Crippen LogP contribution is 2.19. The van der Waals surface area contributed by atoms with Gasteiger partial charge >= 0.3 is 0 Å². The van der Waals surface area contributed by atoms with E-state index in [1.54, 1.807) is 4.68 Å². The molecule has 2 aromatic rings. The molecule has 0 atom stereocenters. The second-order valence-corrected chi connectivity index (χ2v) is 3.88. The van der Waals surface area contributed by atoms with Gasteiger partial charge in [-0.05, 0) is 18.1 Å². The molecule has 0 aliphatic rings. The maximum Gasteiger partial charge on any atom is 0.172 e. The van der Waals surface area contributed by atoms with Crippen LogP contribution < -0.4 is 0 Å². The number of hydrogen-bond donors (Lipinski definition) is 0. The van der Waals surface area contributed by atoms with Crippen molar-refractivity contribution in [3.05, 3.63) is 41.7 Å². The minimum atomic E-state index is 0.204. The zero-order chi connectivity index (χ0) is 11.5. The zero-order valence-corrected chi connectivity index (χ0v) is 9.29. The molecule has 0 spiro atoms. The Labute approximate surface area is 93.9 Å². The van der Waals surface area contributed by atoms with E-state index in [-0.39, 0.29) is 5.92 Å². The molecular formula is C12H13N3O. The molecule has 16 heavy (non-hydrogen) atoms. The number of carbonyl (C=O) groups is 1. The zero-order valence-electron chi connectivity index (χ0n) is 9.29. The predicted molar refractivity (Wildman–Crippen MR) is 60.8 cm³/mol. The van der Waals surface area contributed by atoms with Crippen LogP contribution in [0.4, 0.5) is 0 Å². The lowest BCUT2D eigenvalue weighted by atomic mass is 10.1. The van der Waals surface area contributed by atoms with E-state index in [0.717, 1.165) is 17.7 Å². The van der Waals surface area contributed by atoms with Crippen molar-refractivity contribution in [2.75, 3.05) is 0 Å². The summed E-state index contributed by atoms with van der Waals surface area (Å²) in [6, 6.07) is 9.68. The molecule has 4 nitrogen and oxygen atoms in total. The van der Waals surface area contributed by atoms with Crippen molar-refractivity contribution in [2.24, 2.45) is 0 Å². The monoisotopic (exact) mass is 215 g/mol. The summed E-state index contributed by atoms with van der Waals surface area (Å²) in [7, 11) is 0. The van der Waals surface area contributed by atoms with Crippen molar-refractivity contribution in [1.82, 2.24) is 15.0 Å². The Balaban J connectivity index is 2.58. The lowest BCUT2D eigenvalue weighted by Gasteiger charge is -2.08. The van der Waals surface area contributed by atoms with Crippen molar-refractivity contribution in [3.8, 4) is 5.69 Å². The van der Waals surface area contributed by atoms with Gasteiger partial charge in [-0.1, -0.05) is 37.3 Å². The number of nitrogens with zero attached hydrogens (tertiary/aromatic N) is 3. The van der Waals surface area contributed by atoms with Crippen LogP contribution in [0.2, 0.25) is 0 Å². The molecule has 0 radical (unpaired) electrons. The minimum Gasteiger partial charge on any atom is -0.296 e. The molecule has 0 aliphatic carbocycles. The van der Waals surface area contributed by atoms with Gasteiger partial charge in [-0.2, -0.15) is 0 Å². The first-order chi connectivity index (χ1) is 7.74. The highest BCUT2D eigenvalue weighted by molar-refractivity contribution is 5.73. The molecule has 0 bridgehead atoms. The number of hydrogen-bond acceptors (Lipinski definition) is 3. The van der Waals surface area contributed by atoms with Crippen LogP contribution in [0.25, 0.3) is 5.69 Å². The summed E-state index contributed by atoms with van der Waals surface area (Å²) in [5, 5.41) is 7.89. The lowest BCUT2D eigenvalue weighted by molar-refractivity contribution is 0.111. The molecule has 0 aliphatic heterocycles.